The number of nitrogens with zero attached hydrogens (tertiary/aromatic N) is 2. The molecule has 1 aromatic carbocycles. The summed E-state index contributed by atoms with van der Waals surface area (Å²) in [6, 6.07) is 10.1. The zero-order valence-electron chi connectivity index (χ0n) is 10.5. The Morgan fingerprint density at radius 3 is 2.39 bits per heavy atom. The van der Waals surface area contributed by atoms with Gasteiger partial charge < -0.3 is 10.6 Å². The molecular weight excluding hydrogens is 229 g/mol. The van der Waals surface area contributed by atoms with E-state index in [0.29, 0.717) is 5.69 Å². The number of nitrogens with two attached hydrogens (primary N) is 1. The van der Waals surface area contributed by atoms with Crippen molar-refractivity contribution >= 4 is 17.2 Å². The van der Waals surface area contributed by atoms with E-state index in [1.54, 1.807) is 12.1 Å². The smallest absolute Gasteiger partial charge is 0.133 e. The van der Waals surface area contributed by atoms with Crippen molar-refractivity contribution in [1.82, 2.24) is 4.98 Å². The number of nitrogen functional groups attached to an aromatic ring is 1. The molecule has 0 fully saturated rings. The van der Waals surface area contributed by atoms with Gasteiger partial charge >= 0.3 is 0 Å². The standard InChI is InChI=1S/C14H16FN3/c1-3-18(12-6-4-11(15)5-7-12)14-9-8-13(16)10(2)17-14/h4-9H,3,16H2,1-2H3. The summed E-state index contributed by atoms with van der Waals surface area (Å²) in [6.45, 7) is 4.65. The highest BCUT2D eigenvalue weighted by atomic mass is 19.1. The van der Waals surface area contributed by atoms with E-state index in [0.717, 1.165) is 23.7 Å². The van der Waals surface area contributed by atoms with Gasteiger partial charge in [-0.3, -0.25) is 0 Å². The van der Waals surface area contributed by atoms with E-state index in [9.17, 15) is 4.39 Å². The SMILES string of the molecule is CCN(c1ccc(F)cc1)c1ccc(N)c(C)n1. The summed E-state index contributed by atoms with van der Waals surface area (Å²) in [4.78, 5) is 6.46. The van der Waals surface area contributed by atoms with Crippen molar-refractivity contribution in [2.75, 3.05) is 17.2 Å². The first kappa shape index (κ1) is 12.4. The Hall–Kier alpha value is -2.10. The van der Waals surface area contributed by atoms with Crippen LogP contribution >= 0.6 is 0 Å². The molecule has 0 amide bonds. The predicted octanol–water partition coefficient (Wildman–Crippen LogP) is 3.27. The summed E-state index contributed by atoms with van der Waals surface area (Å²) in [5.74, 6) is 0.576. The van der Waals surface area contributed by atoms with Crippen LogP contribution < -0.4 is 10.6 Å². The zero-order valence-corrected chi connectivity index (χ0v) is 10.5. The van der Waals surface area contributed by atoms with Gasteiger partial charge in [0.2, 0.25) is 0 Å². The average Bonchev–Trinajstić information content (AvgIpc) is 2.37. The van der Waals surface area contributed by atoms with Gasteiger partial charge in [0, 0.05) is 12.2 Å². The van der Waals surface area contributed by atoms with Crippen LogP contribution in [0, 0.1) is 12.7 Å². The van der Waals surface area contributed by atoms with Crippen LogP contribution in [0.4, 0.5) is 21.6 Å². The first-order chi connectivity index (χ1) is 8.61. The zero-order chi connectivity index (χ0) is 13.1. The molecule has 1 heterocycles. The average molecular weight is 245 g/mol. The molecule has 0 bridgehead atoms. The maximum Gasteiger partial charge on any atom is 0.133 e. The minimum absolute atomic E-state index is 0.240. The molecule has 2 N–H and O–H groups in total. The lowest BCUT2D eigenvalue weighted by Gasteiger charge is -2.22. The fourth-order valence-corrected chi connectivity index (χ4v) is 1.81. The number of anilines is 3. The fraction of sp³-hybridized carbons (Fsp3) is 0.214. The van der Waals surface area contributed by atoms with Crippen molar-refractivity contribution in [3.63, 3.8) is 0 Å². The highest BCUT2D eigenvalue weighted by Gasteiger charge is 2.09. The van der Waals surface area contributed by atoms with E-state index in [1.807, 2.05) is 30.9 Å². The van der Waals surface area contributed by atoms with E-state index in [-0.39, 0.29) is 5.82 Å². The minimum atomic E-state index is -0.240. The summed E-state index contributed by atoms with van der Waals surface area (Å²) in [6.07, 6.45) is 0. The number of hydrogen-bond acceptors (Lipinski definition) is 3. The third-order valence-corrected chi connectivity index (χ3v) is 2.84. The third-order valence-electron chi connectivity index (χ3n) is 2.84. The monoisotopic (exact) mass is 245 g/mol. The summed E-state index contributed by atoms with van der Waals surface area (Å²) in [5.41, 5.74) is 8.14. The number of halogens is 1. The number of hydrogen-bond donors (Lipinski definition) is 1. The number of aromatic nitrogens is 1. The van der Waals surface area contributed by atoms with Crippen molar-refractivity contribution in [3.8, 4) is 0 Å². The molecule has 0 unspecified atom stereocenters. The fourth-order valence-electron chi connectivity index (χ4n) is 1.81. The normalized spacial score (nSPS) is 10.4. The Kier molecular flexibility index (Phi) is 3.46. The van der Waals surface area contributed by atoms with E-state index in [2.05, 4.69) is 4.98 Å². The van der Waals surface area contributed by atoms with Gasteiger partial charge in [-0.05, 0) is 50.2 Å². The van der Waals surface area contributed by atoms with Crippen molar-refractivity contribution in [3.05, 3.63) is 47.9 Å². The molecule has 0 atom stereocenters. The van der Waals surface area contributed by atoms with E-state index >= 15 is 0 Å². The number of aryl methyl sites for hydroxylation is 1. The van der Waals surface area contributed by atoms with Crippen LogP contribution in [0.5, 0.6) is 0 Å². The molecule has 4 heteroatoms. The van der Waals surface area contributed by atoms with Gasteiger partial charge in [0.1, 0.15) is 11.6 Å². The number of rotatable bonds is 3. The molecule has 0 radical (unpaired) electrons. The number of pyridine rings is 1. The molecule has 2 rings (SSSR count). The second kappa shape index (κ2) is 5.04. The Morgan fingerprint density at radius 2 is 1.83 bits per heavy atom. The lowest BCUT2D eigenvalue weighted by atomic mass is 10.2. The van der Waals surface area contributed by atoms with Crippen LogP contribution in [0.15, 0.2) is 36.4 Å². The molecule has 0 aliphatic heterocycles. The van der Waals surface area contributed by atoms with Crippen molar-refractivity contribution in [1.29, 1.82) is 0 Å². The summed E-state index contributed by atoms with van der Waals surface area (Å²) >= 11 is 0. The Balaban J connectivity index is 2.38. The van der Waals surface area contributed by atoms with Crippen molar-refractivity contribution < 1.29 is 4.39 Å². The molecule has 0 saturated carbocycles. The van der Waals surface area contributed by atoms with Crippen LogP contribution in [0.3, 0.4) is 0 Å². The van der Waals surface area contributed by atoms with Crippen LogP contribution in [0.2, 0.25) is 0 Å². The van der Waals surface area contributed by atoms with Crippen LogP contribution in [-0.2, 0) is 0 Å². The molecule has 1 aromatic heterocycles. The van der Waals surface area contributed by atoms with Gasteiger partial charge in [0.25, 0.3) is 0 Å². The van der Waals surface area contributed by atoms with Gasteiger partial charge in [-0.15, -0.1) is 0 Å². The largest absolute Gasteiger partial charge is 0.397 e. The molecule has 0 aliphatic carbocycles. The molecule has 0 spiro atoms. The summed E-state index contributed by atoms with van der Waals surface area (Å²) < 4.78 is 12.9. The van der Waals surface area contributed by atoms with Crippen molar-refractivity contribution in [2.45, 2.75) is 13.8 Å². The first-order valence-electron chi connectivity index (χ1n) is 5.88. The number of benzene rings is 1. The second-order valence-corrected chi connectivity index (χ2v) is 4.06. The molecule has 94 valence electrons. The lowest BCUT2D eigenvalue weighted by molar-refractivity contribution is 0.628. The lowest BCUT2D eigenvalue weighted by Crippen LogP contribution is -2.17. The quantitative estimate of drug-likeness (QED) is 0.902. The van der Waals surface area contributed by atoms with Gasteiger partial charge in [0.15, 0.2) is 0 Å². The Bertz CT molecular complexity index is 537. The molecular formula is C14H16FN3. The maximum absolute atomic E-state index is 12.9. The second-order valence-electron chi connectivity index (χ2n) is 4.06. The van der Waals surface area contributed by atoms with E-state index < -0.39 is 0 Å². The molecule has 3 nitrogen and oxygen atoms in total. The summed E-state index contributed by atoms with van der Waals surface area (Å²) in [5, 5.41) is 0. The van der Waals surface area contributed by atoms with Gasteiger partial charge in [-0.25, -0.2) is 9.37 Å². The highest BCUT2D eigenvalue weighted by Crippen LogP contribution is 2.25. The molecule has 2 aromatic rings. The topological polar surface area (TPSA) is 42.1 Å². The van der Waals surface area contributed by atoms with Crippen molar-refractivity contribution in [2.24, 2.45) is 0 Å². The van der Waals surface area contributed by atoms with Crippen LogP contribution in [-0.4, -0.2) is 11.5 Å². The van der Waals surface area contributed by atoms with Gasteiger partial charge in [-0.2, -0.15) is 0 Å². The molecule has 0 saturated heterocycles. The maximum atomic E-state index is 12.9. The Labute approximate surface area is 106 Å². The van der Waals surface area contributed by atoms with E-state index in [1.165, 1.54) is 12.1 Å². The molecule has 0 aliphatic rings. The van der Waals surface area contributed by atoms with Gasteiger partial charge in [0.05, 0.1) is 11.4 Å². The van der Waals surface area contributed by atoms with Crippen LogP contribution in [0.25, 0.3) is 0 Å². The summed E-state index contributed by atoms with van der Waals surface area (Å²) in [7, 11) is 0. The van der Waals surface area contributed by atoms with E-state index in [4.69, 9.17) is 5.73 Å². The van der Waals surface area contributed by atoms with Gasteiger partial charge in [-0.1, -0.05) is 0 Å². The minimum Gasteiger partial charge on any atom is -0.397 e. The predicted molar refractivity (Wildman–Crippen MR) is 72.5 cm³/mol. The Morgan fingerprint density at radius 1 is 1.17 bits per heavy atom. The first-order valence-corrected chi connectivity index (χ1v) is 5.88. The third kappa shape index (κ3) is 2.42. The highest BCUT2D eigenvalue weighted by molar-refractivity contribution is 5.61. The molecule has 18 heavy (non-hydrogen) atoms. The van der Waals surface area contributed by atoms with Crippen LogP contribution in [0.1, 0.15) is 12.6 Å².